The van der Waals surface area contributed by atoms with Crippen molar-refractivity contribution in [2.45, 2.75) is 44.8 Å². The van der Waals surface area contributed by atoms with Gasteiger partial charge in [0.25, 0.3) is 0 Å². The highest BCUT2D eigenvalue weighted by Crippen LogP contribution is 2.21. The van der Waals surface area contributed by atoms with E-state index in [1.165, 1.54) is 0 Å². The first-order chi connectivity index (χ1) is 22.2. The first-order valence-electron chi connectivity index (χ1n) is 14.6. The summed E-state index contributed by atoms with van der Waals surface area (Å²) in [4.78, 5) is 24.9. The maximum atomic E-state index is 12.5. The first-order valence-corrected chi connectivity index (χ1v) is 16.3. The molecule has 236 valence electrons. The van der Waals surface area contributed by atoms with E-state index in [9.17, 15) is 9.90 Å². The zero-order chi connectivity index (χ0) is 32.7. The number of hydrogen-bond acceptors (Lipinski definition) is 10. The van der Waals surface area contributed by atoms with Crippen LogP contribution in [0.1, 0.15) is 36.8 Å². The fraction of sp³-hybridized carbons (Fsp3) is 0.206. The minimum atomic E-state index is -1.03. The molecule has 2 aromatic heterocycles. The number of thioether (sulfide) groups is 2. The predicted molar refractivity (Wildman–Crippen MR) is 189 cm³/mol. The lowest BCUT2D eigenvalue weighted by atomic mass is 10.0. The van der Waals surface area contributed by atoms with Crippen LogP contribution in [0.5, 0.6) is 0 Å². The molecular formula is C34H36N8O2S2. The number of aliphatic imine (C=N–C) groups is 1. The van der Waals surface area contributed by atoms with Crippen molar-refractivity contribution in [2.24, 2.45) is 10.7 Å². The topological polar surface area (TPSA) is 185 Å². The van der Waals surface area contributed by atoms with Gasteiger partial charge in [0.2, 0.25) is 5.91 Å². The van der Waals surface area contributed by atoms with Gasteiger partial charge in [-0.05, 0) is 94.7 Å². The molecule has 0 aliphatic rings. The summed E-state index contributed by atoms with van der Waals surface area (Å²) < 4.78 is 0. The summed E-state index contributed by atoms with van der Waals surface area (Å²) in [6.07, 6.45) is 8.53. The van der Waals surface area contributed by atoms with Crippen LogP contribution in [0.3, 0.4) is 0 Å². The lowest BCUT2D eigenvalue weighted by molar-refractivity contribution is -0.119. The third-order valence-electron chi connectivity index (χ3n) is 6.67. The number of hydrogen-bond donors (Lipinski definition) is 6. The van der Waals surface area contributed by atoms with Crippen molar-refractivity contribution in [2.75, 3.05) is 0 Å². The highest BCUT2D eigenvalue weighted by Gasteiger charge is 2.12. The van der Waals surface area contributed by atoms with Crippen LogP contribution in [0.15, 0.2) is 103 Å². The summed E-state index contributed by atoms with van der Waals surface area (Å²) in [6, 6.07) is 23.1. The first kappa shape index (κ1) is 34.2. The minimum absolute atomic E-state index is 0.0898. The quantitative estimate of drug-likeness (QED) is 0.0592. The Morgan fingerprint density at radius 2 is 1.35 bits per heavy atom. The van der Waals surface area contributed by atoms with E-state index in [1.807, 2.05) is 72.8 Å². The molecule has 0 radical (unpaired) electrons. The van der Waals surface area contributed by atoms with Crippen molar-refractivity contribution >= 4 is 49.9 Å². The molecule has 46 heavy (non-hydrogen) atoms. The number of unbranched alkanes of at least 4 members (excludes halogenated alkanes) is 1. The molecule has 10 nitrogen and oxygen atoms in total. The van der Waals surface area contributed by atoms with E-state index in [2.05, 4.69) is 20.3 Å². The lowest BCUT2D eigenvalue weighted by Gasteiger charge is -2.10. The van der Waals surface area contributed by atoms with Gasteiger partial charge in [-0.3, -0.25) is 31.0 Å². The molecule has 7 N–H and O–H groups in total. The van der Waals surface area contributed by atoms with Crippen molar-refractivity contribution in [1.82, 2.24) is 15.3 Å². The molecule has 0 aliphatic carbocycles. The van der Waals surface area contributed by atoms with Crippen molar-refractivity contribution in [1.29, 1.82) is 16.2 Å². The number of rotatable bonds is 12. The highest BCUT2D eigenvalue weighted by molar-refractivity contribution is 8.26. The molecule has 2 heterocycles. The van der Waals surface area contributed by atoms with Gasteiger partial charge in [-0.1, -0.05) is 60.7 Å². The molecule has 4 rings (SSSR count). The number of nitrogens with one attached hydrogen (secondary N) is 4. The third kappa shape index (κ3) is 11.7. The largest absolute Gasteiger partial charge is 0.378 e. The monoisotopic (exact) mass is 652 g/mol. The SMILES string of the molecule is N=C(CCCCC(=N)S/C(N)=N\C(O)Cc1cccc(-c2cccnc2)c1)SC(=N)NC(=O)Cc1cccc(-c2cccnc2)c1. The number of benzene rings is 2. The van der Waals surface area contributed by atoms with E-state index in [0.717, 1.165) is 56.9 Å². The number of aliphatic hydroxyl groups is 1. The molecule has 12 heteroatoms. The van der Waals surface area contributed by atoms with E-state index in [0.29, 0.717) is 30.7 Å². The zero-order valence-corrected chi connectivity index (χ0v) is 26.8. The normalized spacial score (nSPS) is 11.9. The number of aromatic nitrogens is 2. The Balaban J connectivity index is 1.11. The van der Waals surface area contributed by atoms with Crippen LogP contribution < -0.4 is 11.1 Å². The Kier molecular flexibility index (Phi) is 13.2. The van der Waals surface area contributed by atoms with Crippen LogP contribution in [-0.2, 0) is 17.6 Å². The predicted octanol–water partition coefficient (Wildman–Crippen LogP) is 6.26. The van der Waals surface area contributed by atoms with Crippen molar-refractivity contribution < 1.29 is 9.90 Å². The molecule has 0 saturated carbocycles. The van der Waals surface area contributed by atoms with Crippen LogP contribution in [0.25, 0.3) is 22.3 Å². The van der Waals surface area contributed by atoms with Gasteiger partial charge in [-0.15, -0.1) is 0 Å². The molecule has 0 bridgehead atoms. The molecule has 1 atom stereocenters. The van der Waals surface area contributed by atoms with E-state index >= 15 is 0 Å². The molecule has 0 spiro atoms. The number of nitrogens with zero attached hydrogens (tertiary/aromatic N) is 3. The molecule has 1 amide bonds. The number of pyridine rings is 2. The van der Waals surface area contributed by atoms with Crippen molar-refractivity contribution in [3.05, 3.63) is 109 Å². The highest BCUT2D eigenvalue weighted by atomic mass is 32.2. The van der Waals surface area contributed by atoms with E-state index in [1.54, 1.807) is 24.8 Å². The summed E-state index contributed by atoms with van der Waals surface area (Å²) in [6.45, 7) is 0. The van der Waals surface area contributed by atoms with Gasteiger partial charge in [0.1, 0.15) is 0 Å². The smallest absolute Gasteiger partial charge is 0.230 e. The summed E-state index contributed by atoms with van der Waals surface area (Å²) in [5.74, 6) is -0.318. The van der Waals surface area contributed by atoms with Gasteiger partial charge in [-0.2, -0.15) is 0 Å². The average Bonchev–Trinajstić information content (AvgIpc) is 3.04. The van der Waals surface area contributed by atoms with Crippen molar-refractivity contribution in [3.8, 4) is 22.3 Å². The summed E-state index contributed by atoms with van der Waals surface area (Å²) in [5, 5.41) is 38.1. The van der Waals surface area contributed by atoms with Crippen LogP contribution in [0, 0.1) is 16.2 Å². The summed E-state index contributed by atoms with van der Waals surface area (Å²) in [5.41, 5.74) is 11.6. The second kappa shape index (κ2) is 17.7. The molecule has 0 aliphatic heterocycles. The fourth-order valence-corrected chi connectivity index (χ4v) is 5.87. The average molecular weight is 653 g/mol. The van der Waals surface area contributed by atoms with Gasteiger partial charge < -0.3 is 16.2 Å². The standard InChI is InChI=1S/C34H36N8O2S2/c35-29(45-33(37)41-31(43)19-23-7-3-9-25(17-23)27-11-5-15-39-21-27)13-1-2-14-30(36)46-34(38)42-32(44)20-24-8-4-10-26(18-24)28-12-6-16-40-22-28/h3-12,15-18,21-22,31,35-36,43H,1-2,13-14,19-20H2,(H2,37,41)(H2,38,42,44). The van der Waals surface area contributed by atoms with Gasteiger partial charge in [-0.25, -0.2) is 4.99 Å². The molecule has 0 saturated heterocycles. The molecule has 2 aromatic carbocycles. The van der Waals surface area contributed by atoms with E-state index in [-0.39, 0.29) is 34.1 Å². The summed E-state index contributed by atoms with van der Waals surface area (Å²) >= 11 is 1.93. The molecular weight excluding hydrogens is 617 g/mol. The number of amidine groups is 2. The Morgan fingerprint density at radius 1 is 0.804 bits per heavy atom. The maximum Gasteiger partial charge on any atom is 0.230 e. The maximum absolute atomic E-state index is 12.5. The Hall–Kier alpha value is -4.65. The Labute approximate surface area is 276 Å². The Morgan fingerprint density at radius 3 is 1.93 bits per heavy atom. The number of aliphatic hydroxyl groups excluding tert-OH is 1. The minimum Gasteiger partial charge on any atom is -0.378 e. The van der Waals surface area contributed by atoms with Gasteiger partial charge in [0.05, 0.1) is 16.5 Å². The van der Waals surface area contributed by atoms with Gasteiger partial charge in [0, 0.05) is 31.2 Å². The zero-order valence-electron chi connectivity index (χ0n) is 25.1. The number of carbonyl (C=O) groups excluding carboxylic acids is 1. The lowest BCUT2D eigenvalue weighted by Crippen LogP contribution is -2.29. The van der Waals surface area contributed by atoms with Crippen LogP contribution in [0.2, 0.25) is 0 Å². The second-order valence-electron chi connectivity index (χ2n) is 10.3. The second-order valence-corrected chi connectivity index (χ2v) is 12.6. The van der Waals surface area contributed by atoms with Crippen LogP contribution >= 0.6 is 23.5 Å². The van der Waals surface area contributed by atoms with Gasteiger partial charge >= 0.3 is 0 Å². The number of amides is 1. The van der Waals surface area contributed by atoms with Crippen molar-refractivity contribution in [3.63, 3.8) is 0 Å². The van der Waals surface area contributed by atoms with Crippen LogP contribution in [0.4, 0.5) is 0 Å². The number of nitrogens with two attached hydrogens (primary N) is 1. The van der Waals surface area contributed by atoms with E-state index < -0.39 is 6.23 Å². The third-order valence-corrected chi connectivity index (χ3v) is 8.19. The van der Waals surface area contributed by atoms with E-state index in [4.69, 9.17) is 22.0 Å². The fourth-order valence-electron chi connectivity index (χ4n) is 4.54. The molecule has 0 fully saturated rings. The van der Waals surface area contributed by atoms with Crippen LogP contribution in [-0.4, -0.2) is 47.6 Å². The molecule has 4 aromatic rings. The van der Waals surface area contributed by atoms with Gasteiger partial charge in [0.15, 0.2) is 16.6 Å². The Bertz CT molecular complexity index is 1680. The summed E-state index contributed by atoms with van der Waals surface area (Å²) in [7, 11) is 0. The number of carbonyl (C=O) groups is 1. The molecule has 1 unspecified atom stereocenters.